The molecule has 0 spiro atoms. The first-order valence-electron chi connectivity index (χ1n) is 7.33. The molecule has 3 aromatic rings. The van der Waals surface area contributed by atoms with Gasteiger partial charge in [0.15, 0.2) is 0 Å². The van der Waals surface area contributed by atoms with Gasteiger partial charge in [-0.3, -0.25) is 4.98 Å². The van der Waals surface area contributed by atoms with Gasteiger partial charge >= 0.3 is 0 Å². The van der Waals surface area contributed by atoms with Gasteiger partial charge in [0, 0.05) is 24.7 Å². The van der Waals surface area contributed by atoms with Gasteiger partial charge in [-0.15, -0.1) is 0 Å². The number of ether oxygens (including phenoxy) is 1. The third kappa shape index (κ3) is 3.03. The molecule has 3 aromatic heterocycles. The van der Waals surface area contributed by atoms with Gasteiger partial charge in [-0.05, 0) is 31.0 Å². The smallest absolute Gasteiger partial charge is 0.224 e. The number of halogens is 1. The average molecular weight is 328 g/mol. The number of aromatic nitrogens is 4. The lowest BCUT2D eigenvalue weighted by Crippen LogP contribution is -2.30. The maximum atomic E-state index is 6.05. The number of rotatable bonds is 5. The molecule has 1 saturated carbocycles. The van der Waals surface area contributed by atoms with Crippen LogP contribution in [0.1, 0.15) is 12.8 Å². The first-order valence-corrected chi connectivity index (χ1v) is 7.71. The molecule has 0 aliphatic heterocycles. The highest BCUT2D eigenvalue weighted by Crippen LogP contribution is 2.39. The molecule has 0 unspecified atom stereocenters. The van der Waals surface area contributed by atoms with Crippen molar-refractivity contribution in [1.82, 2.24) is 19.9 Å². The van der Waals surface area contributed by atoms with Gasteiger partial charge in [0.1, 0.15) is 11.8 Å². The number of nitrogens with zero attached hydrogens (tertiary/aromatic N) is 4. The van der Waals surface area contributed by atoms with E-state index in [0.29, 0.717) is 23.6 Å². The molecule has 0 atom stereocenters. The lowest BCUT2D eigenvalue weighted by molar-refractivity contribution is 0.281. The van der Waals surface area contributed by atoms with E-state index in [9.17, 15) is 0 Å². The van der Waals surface area contributed by atoms with Crippen molar-refractivity contribution in [2.24, 2.45) is 0 Å². The summed E-state index contributed by atoms with van der Waals surface area (Å²) in [5, 5.41) is 4.56. The zero-order valence-corrected chi connectivity index (χ0v) is 13.0. The highest BCUT2D eigenvalue weighted by atomic mass is 35.5. The molecular formula is C16H14ClN5O. The van der Waals surface area contributed by atoms with Crippen molar-refractivity contribution in [2.75, 3.05) is 11.9 Å². The second kappa shape index (κ2) is 5.62. The fraction of sp³-hybridized carbons (Fsp3) is 0.250. The van der Waals surface area contributed by atoms with Crippen molar-refractivity contribution in [3.05, 3.63) is 48.0 Å². The summed E-state index contributed by atoms with van der Waals surface area (Å²) in [5.41, 5.74) is 0.631. The molecule has 0 amide bonds. The van der Waals surface area contributed by atoms with Crippen LogP contribution in [0.2, 0.25) is 5.15 Å². The maximum Gasteiger partial charge on any atom is 0.224 e. The van der Waals surface area contributed by atoms with Crippen molar-refractivity contribution in [1.29, 1.82) is 0 Å². The van der Waals surface area contributed by atoms with E-state index in [-0.39, 0.29) is 5.54 Å². The van der Waals surface area contributed by atoms with E-state index in [1.807, 2.05) is 12.1 Å². The van der Waals surface area contributed by atoms with Gasteiger partial charge in [0.25, 0.3) is 0 Å². The second-order valence-corrected chi connectivity index (χ2v) is 5.97. The zero-order chi connectivity index (χ0) is 15.7. The molecule has 1 fully saturated rings. The number of nitrogens with one attached hydrogen (secondary N) is 1. The minimum absolute atomic E-state index is 0.139. The van der Waals surface area contributed by atoms with Crippen molar-refractivity contribution in [2.45, 2.75) is 18.4 Å². The minimum atomic E-state index is -0.139. The van der Waals surface area contributed by atoms with E-state index in [2.05, 4.69) is 25.3 Å². The quantitative estimate of drug-likeness (QED) is 0.726. The van der Waals surface area contributed by atoms with Gasteiger partial charge in [-0.2, -0.15) is 0 Å². The van der Waals surface area contributed by atoms with Crippen LogP contribution < -0.4 is 10.1 Å². The van der Waals surface area contributed by atoms with Crippen LogP contribution in [0.4, 0.5) is 5.95 Å². The molecular weight excluding hydrogens is 314 g/mol. The Morgan fingerprint density at radius 3 is 2.70 bits per heavy atom. The summed E-state index contributed by atoms with van der Waals surface area (Å²) in [6.45, 7) is 0.475. The average Bonchev–Trinajstić information content (AvgIpc) is 3.33. The summed E-state index contributed by atoms with van der Waals surface area (Å²) in [6, 6.07) is 7.30. The van der Waals surface area contributed by atoms with Gasteiger partial charge in [0.05, 0.1) is 16.4 Å². The minimum Gasteiger partial charge on any atom is -0.475 e. The topological polar surface area (TPSA) is 72.8 Å². The van der Waals surface area contributed by atoms with E-state index < -0.39 is 0 Å². The molecule has 23 heavy (non-hydrogen) atoms. The third-order valence-corrected chi connectivity index (χ3v) is 4.01. The summed E-state index contributed by atoms with van der Waals surface area (Å²) in [7, 11) is 0. The third-order valence-electron chi connectivity index (χ3n) is 3.81. The maximum absolute atomic E-state index is 6.05. The predicted molar refractivity (Wildman–Crippen MR) is 87.7 cm³/mol. The largest absolute Gasteiger partial charge is 0.475 e. The second-order valence-electron chi connectivity index (χ2n) is 5.59. The van der Waals surface area contributed by atoms with E-state index >= 15 is 0 Å². The van der Waals surface area contributed by atoms with Crippen LogP contribution in [0, 0.1) is 0 Å². The van der Waals surface area contributed by atoms with Crippen LogP contribution >= 0.6 is 11.6 Å². The number of pyridine rings is 2. The highest BCUT2D eigenvalue weighted by Gasteiger charge is 2.44. The Kier molecular flexibility index (Phi) is 3.46. The molecule has 0 aromatic carbocycles. The van der Waals surface area contributed by atoms with E-state index in [0.717, 1.165) is 23.7 Å². The van der Waals surface area contributed by atoms with Gasteiger partial charge in [-0.1, -0.05) is 11.6 Å². The van der Waals surface area contributed by atoms with Gasteiger partial charge in [0.2, 0.25) is 11.8 Å². The standard InChI is InChI=1S/C16H14ClN5O/c17-13-9-12-11(3-1-6-18-12)14(21-13)23-10-16(4-5-16)22-15-19-7-2-8-20-15/h1-3,6-9H,4-5,10H2,(H,19,20,22). The lowest BCUT2D eigenvalue weighted by Gasteiger charge is -2.18. The van der Waals surface area contributed by atoms with Gasteiger partial charge in [-0.25, -0.2) is 15.0 Å². The van der Waals surface area contributed by atoms with Crippen molar-refractivity contribution >= 4 is 28.5 Å². The summed E-state index contributed by atoms with van der Waals surface area (Å²) < 4.78 is 5.95. The highest BCUT2D eigenvalue weighted by molar-refractivity contribution is 6.30. The molecule has 0 saturated heterocycles. The Hall–Kier alpha value is -2.47. The van der Waals surface area contributed by atoms with Crippen LogP contribution in [0.25, 0.3) is 10.9 Å². The first kappa shape index (κ1) is 14.1. The SMILES string of the molecule is Clc1cc2ncccc2c(OCC2(Nc3ncccn3)CC2)n1. The fourth-order valence-electron chi connectivity index (χ4n) is 2.39. The molecule has 1 N–H and O–H groups in total. The van der Waals surface area contributed by atoms with Crippen LogP contribution in [-0.4, -0.2) is 32.1 Å². The number of hydrogen-bond donors (Lipinski definition) is 1. The Balaban J connectivity index is 1.53. The van der Waals surface area contributed by atoms with Crippen LogP contribution in [-0.2, 0) is 0 Å². The molecule has 116 valence electrons. The molecule has 6 nitrogen and oxygen atoms in total. The monoisotopic (exact) mass is 327 g/mol. The predicted octanol–water partition coefficient (Wildman–Crippen LogP) is 3.10. The Morgan fingerprint density at radius 1 is 1.13 bits per heavy atom. The van der Waals surface area contributed by atoms with Gasteiger partial charge < -0.3 is 10.1 Å². The lowest BCUT2D eigenvalue weighted by atomic mass is 10.2. The summed E-state index contributed by atoms with van der Waals surface area (Å²) in [4.78, 5) is 17.0. The van der Waals surface area contributed by atoms with E-state index in [4.69, 9.17) is 16.3 Å². The molecule has 7 heteroatoms. The summed E-state index contributed by atoms with van der Waals surface area (Å²) in [6.07, 6.45) is 7.15. The fourth-order valence-corrected chi connectivity index (χ4v) is 2.57. The Labute approximate surface area is 137 Å². The van der Waals surface area contributed by atoms with Crippen LogP contribution in [0.15, 0.2) is 42.9 Å². The Bertz CT molecular complexity index is 838. The molecule has 0 bridgehead atoms. The van der Waals surface area contributed by atoms with E-state index in [1.54, 1.807) is 30.7 Å². The number of hydrogen-bond acceptors (Lipinski definition) is 6. The number of fused-ring (bicyclic) bond motifs is 1. The summed E-state index contributed by atoms with van der Waals surface area (Å²) >= 11 is 6.05. The Morgan fingerprint density at radius 2 is 1.91 bits per heavy atom. The summed E-state index contributed by atoms with van der Waals surface area (Å²) in [5.74, 6) is 1.11. The normalized spacial score (nSPS) is 15.3. The molecule has 1 aliphatic carbocycles. The van der Waals surface area contributed by atoms with E-state index in [1.165, 1.54) is 0 Å². The van der Waals surface area contributed by atoms with Crippen LogP contribution in [0.5, 0.6) is 5.88 Å². The van der Waals surface area contributed by atoms with Crippen molar-refractivity contribution < 1.29 is 4.74 Å². The molecule has 3 heterocycles. The number of anilines is 1. The molecule has 0 radical (unpaired) electrons. The van der Waals surface area contributed by atoms with Crippen molar-refractivity contribution in [3.63, 3.8) is 0 Å². The first-order chi connectivity index (χ1) is 11.2. The molecule has 1 aliphatic rings. The van der Waals surface area contributed by atoms with Crippen molar-refractivity contribution in [3.8, 4) is 5.88 Å². The zero-order valence-electron chi connectivity index (χ0n) is 12.2. The van der Waals surface area contributed by atoms with Crippen LogP contribution in [0.3, 0.4) is 0 Å². The molecule has 4 rings (SSSR count).